The lowest BCUT2D eigenvalue weighted by Crippen LogP contribution is -2.17. The first-order chi connectivity index (χ1) is 15.2. The average Bonchev–Trinajstić information content (AvgIpc) is 2.73. The number of benzene rings is 2. The highest BCUT2D eigenvalue weighted by atomic mass is 35.5. The van der Waals surface area contributed by atoms with Gasteiger partial charge in [-0.25, -0.2) is 0 Å². The van der Waals surface area contributed by atoms with Crippen molar-refractivity contribution < 1.29 is 32.1 Å². The lowest BCUT2D eigenvalue weighted by Gasteiger charge is -2.17. The molecule has 0 aliphatic heterocycles. The normalized spacial score (nSPS) is 11.1. The highest BCUT2D eigenvalue weighted by Crippen LogP contribution is 2.31. The van der Waals surface area contributed by atoms with Crippen LogP contribution in [0.25, 0.3) is 0 Å². The van der Waals surface area contributed by atoms with Crippen molar-refractivity contribution in [1.29, 1.82) is 0 Å². The molecular weight excluding hydrogens is 468 g/mol. The Morgan fingerprint density at radius 2 is 1.41 bits per heavy atom. The fourth-order valence-corrected chi connectivity index (χ4v) is 3.00. The monoisotopic (exact) mass is 492 g/mol. The first kappa shape index (κ1) is 26.0. The van der Waals surface area contributed by atoms with Crippen molar-refractivity contribution >= 4 is 23.2 Å². The predicted molar refractivity (Wildman–Crippen MR) is 119 cm³/mol. The second-order valence-electron chi connectivity index (χ2n) is 6.65. The van der Waals surface area contributed by atoms with Gasteiger partial charge in [-0.05, 0) is 66.4 Å². The van der Waals surface area contributed by atoms with E-state index in [0.29, 0.717) is 25.4 Å². The molecule has 32 heavy (non-hydrogen) atoms. The first-order valence-corrected chi connectivity index (χ1v) is 10.9. The van der Waals surface area contributed by atoms with Gasteiger partial charge in [0.05, 0.1) is 13.2 Å². The summed E-state index contributed by atoms with van der Waals surface area (Å²) in [6, 6.07) is 9.15. The molecule has 0 aromatic heterocycles. The molecule has 9 heteroatoms. The summed E-state index contributed by atoms with van der Waals surface area (Å²) in [7, 11) is 0. The van der Waals surface area contributed by atoms with E-state index < -0.39 is 6.36 Å². The van der Waals surface area contributed by atoms with Gasteiger partial charge < -0.3 is 18.9 Å². The van der Waals surface area contributed by atoms with Gasteiger partial charge in [0.1, 0.15) is 34.1 Å². The van der Waals surface area contributed by atoms with Gasteiger partial charge in [-0.2, -0.15) is 0 Å². The number of hydrogen-bond donors (Lipinski definition) is 0. The van der Waals surface area contributed by atoms with Gasteiger partial charge >= 0.3 is 6.36 Å². The van der Waals surface area contributed by atoms with Crippen LogP contribution in [0.2, 0.25) is 0 Å². The molecule has 2 aromatic rings. The molecule has 0 aliphatic carbocycles. The van der Waals surface area contributed by atoms with E-state index in [0.717, 1.165) is 35.5 Å². The molecule has 0 N–H and O–H groups in total. The average molecular weight is 493 g/mol. The second kappa shape index (κ2) is 12.7. The molecule has 0 spiro atoms. The molecule has 0 unspecified atom stereocenters. The van der Waals surface area contributed by atoms with Crippen molar-refractivity contribution in [3.05, 3.63) is 58.1 Å². The summed E-state index contributed by atoms with van der Waals surface area (Å²) < 4.78 is 57.9. The minimum atomic E-state index is -4.71. The Kier molecular flexibility index (Phi) is 10.3. The second-order valence-corrected chi connectivity index (χ2v) is 7.66. The van der Waals surface area contributed by atoms with Crippen LogP contribution >= 0.6 is 23.2 Å². The van der Waals surface area contributed by atoms with Crippen LogP contribution in [-0.2, 0) is 12.8 Å². The molecule has 0 atom stereocenters. The van der Waals surface area contributed by atoms with Crippen LogP contribution < -0.4 is 18.9 Å². The van der Waals surface area contributed by atoms with Crippen LogP contribution in [0.3, 0.4) is 0 Å². The Bertz CT molecular complexity index is 855. The van der Waals surface area contributed by atoms with E-state index in [1.807, 2.05) is 26.0 Å². The third-order valence-corrected chi connectivity index (χ3v) is 4.64. The standard InChI is InChI=1S/C23H25Cl2F3O4/c1-3-16-14-20(30-13-10-21(24)25)15-17(4-2)22(16)31-12-5-11-29-18-6-8-19(9-7-18)32-23(26,27)28/h6-10,14-15H,3-5,11-13H2,1-2H3. The van der Waals surface area contributed by atoms with Crippen LogP contribution in [0.5, 0.6) is 23.0 Å². The minimum absolute atomic E-state index is 0.157. The zero-order valence-electron chi connectivity index (χ0n) is 17.8. The smallest absolute Gasteiger partial charge is 0.493 e. The van der Waals surface area contributed by atoms with Crippen molar-refractivity contribution in [2.24, 2.45) is 0 Å². The molecule has 2 rings (SSSR count). The number of alkyl halides is 3. The van der Waals surface area contributed by atoms with Gasteiger partial charge in [0.2, 0.25) is 0 Å². The number of hydrogen-bond acceptors (Lipinski definition) is 4. The van der Waals surface area contributed by atoms with Crippen LogP contribution in [0.1, 0.15) is 31.4 Å². The molecule has 0 fully saturated rings. The Hall–Kier alpha value is -2.25. The first-order valence-electron chi connectivity index (χ1n) is 10.1. The zero-order valence-corrected chi connectivity index (χ0v) is 19.3. The minimum Gasteiger partial charge on any atom is -0.493 e. The quantitative estimate of drug-likeness (QED) is 0.292. The Balaban J connectivity index is 1.87. The fourth-order valence-electron chi connectivity index (χ4n) is 2.88. The summed E-state index contributed by atoms with van der Waals surface area (Å²) >= 11 is 11.2. The molecule has 0 amide bonds. The molecule has 4 nitrogen and oxygen atoms in total. The third kappa shape index (κ3) is 9.09. The van der Waals surface area contributed by atoms with E-state index in [-0.39, 0.29) is 16.8 Å². The summed E-state index contributed by atoms with van der Waals surface area (Å²) in [5.74, 6) is 1.72. The maximum absolute atomic E-state index is 12.2. The van der Waals surface area contributed by atoms with Crippen molar-refractivity contribution in [1.82, 2.24) is 0 Å². The maximum Gasteiger partial charge on any atom is 0.573 e. The Morgan fingerprint density at radius 1 is 0.844 bits per heavy atom. The van der Waals surface area contributed by atoms with E-state index >= 15 is 0 Å². The molecule has 2 aromatic carbocycles. The molecule has 176 valence electrons. The Morgan fingerprint density at radius 3 is 1.94 bits per heavy atom. The van der Waals surface area contributed by atoms with E-state index in [1.165, 1.54) is 24.3 Å². The molecule has 0 heterocycles. The van der Waals surface area contributed by atoms with E-state index in [4.69, 9.17) is 37.4 Å². The van der Waals surface area contributed by atoms with E-state index in [1.54, 1.807) is 6.08 Å². The van der Waals surface area contributed by atoms with Crippen LogP contribution in [0, 0.1) is 0 Å². The summed E-state index contributed by atoms with van der Waals surface area (Å²) in [6.07, 6.45) is -0.997. The number of ether oxygens (including phenoxy) is 4. The number of aryl methyl sites for hydroxylation is 2. The third-order valence-electron chi connectivity index (χ3n) is 4.33. The molecular formula is C23H25Cl2F3O4. The van der Waals surface area contributed by atoms with Crippen molar-refractivity contribution in [2.45, 2.75) is 39.5 Å². The maximum atomic E-state index is 12.2. The highest BCUT2D eigenvalue weighted by molar-refractivity contribution is 6.55. The van der Waals surface area contributed by atoms with E-state index in [9.17, 15) is 13.2 Å². The molecule has 0 saturated heterocycles. The van der Waals surface area contributed by atoms with Crippen molar-refractivity contribution in [2.75, 3.05) is 19.8 Å². The fraction of sp³-hybridized carbons (Fsp3) is 0.391. The van der Waals surface area contributed by atoms with Gasteiger partial charge in [0.15, 0.2) is 0 Å². The lowest BCUT2D eigenvalue weighted by atomic mass is 10.0. The molecule has 0 radical (unpaired) electrons. The van der Waals surface area contributed by atoms with Crippen LogP contribution in [0.4, 0.5) is 13.2 Å². The summed E-state index contributed by atoms with van der Waals surface area (Å²) in [6.45, 7) is 5.14. The predicted octanol–water partition coefficient (Wildman–Crippen LogP) is 7.26. The van der Waals surface area contributed by atoms with Gasteiger partial charge in [-0.3, -0.25) is 0 Å². The van der Waals surface area contributed by atoms with Crippen LogP contribution in [-0.4, -0.2) is 26.2 Å². The largest absolute Gasteiger partial charge is 0.573 e. The molecule has 0 bridgehead atoms. The molecule has 0 saturated carbocycles. The van der Waals surface area contributed by atoms with Gasteiger partial charge in [0, 0.05) is 6.42 Å². The summed E-state index contributed by atoms with van der Waals surface area (Å²) in [5.41, 5.74) is 2.06. The summed E-state index contributed by atoms with van der Waals surface area (Å²) in [5, 5.41) is 0. The van der Waals surface area contributed by atoms with Gasteiger partial charge in [-0.15, -0.1) is 13.2 Å². The SMILES string of the molecule is CCc1cc(OCC=C(Cl)Cl)cc(CC)c1OCCCOc1ccc(OC(F)(F)F)cc1. The van der Waals surface area contributed by atoms with Crippen molar-refractivity contribution in [3.63, 3.8) is 0 Å². The number of halogens is 5. The zero-order chi connectivity index (χ0) is 23.6. The van der Waals surface area contributed by atoms with Crippen LogP contribution in [0.15, 0.2) is 47.0 Å². The topological polar surface area (TPSA) is 36.9 Å². The summed E-state index contributed by atoms with van der Waals surface area (Å²) in [4.78, 5) is 0. The Labute approximate surface area is 195 Å². The van der Waals surface area contributed by atoms with Crippen molar-refractivity contribution in [3.8, 4) is 23.0 Å². The highest BCUT2D eigenvalue weighted by Gasteiger charge is 2.30. The molecule has 0 aliphatic rings. The van der Waals surface area contributed by atoms with Gasteiger partial charge in [0.25, 0.3) is 0 Å². The number of rotatable bonds is 12. The van der Waals surface area contributed by atoms with E-state index in [2.05, 4.69) is 4.74 Å². The lowest BCUT2D eigenvalue weighted by molar-refractivity contribution is -0.274. The van der Waals surface area contributed by atoms with Gasteiger partial charge in [-0.1, -0.05) is 37.0 Å².